The number of ketones is 1. The summed E-state index contributed by atoms with van der Waals surface area (Å²) in [5.41, 5.74) is 1.80. The molecule has 0 aliphatic heterocycles. The summed E-state index contributed by atoms with van der Waals surface area (Å²) in [6.07, 6.45) is 0.835. The second kappa shape index (κ2) is 3.70. The monoisotopic (exact) mass is 222 g/mol. The fourth-order valence-corrected chi connectivity index (χ4v) is 1.87. The van der Waals surface area contributed by atoms with E-state index in [1.54, 1.807) is 6.07 Å². The first-order valence-electron chi connectivity index (χ1n) is 4.84. The number of rotatable bonds is 2. The highest BCUT2D eigenvalue weighted by Crippen LogP contribution is 2.27. The van der Waals surface area contributed by atoms with Gasteiger partial charge >= 0.3 is 0 Å². The predicted octanol–water partition coefficient (Wildman–Crippen LogP) is 3.85. The van der Waals surface area contributed by atoms with E-state index >= 15 is 0 Å². The van der Waals surface area contributed by atoms with Crippen LogP contribution in [0.15, 0.2) is 22.6 Å². The average molecular weight is 223 g/mol. The van der Waals surface area contributed by atoms with Crippen LogP contribution in [0, 0.1) is 0 Å². The van der Waals surface area contributed by atoms with Crippen molar-refractivity contribution >= 4 is 28.4 Å². The Balaban J connectivity index is 2.74. The molecule has 0 bridgehead atoms. The number of hydrogen-bond acceptors (Lipinski definition) is 2. The predicted molar refractivity (Wildman–Crippen MR) is 60.6 cm³/mol. The largest absolute Gasteiger partial charge is 0.453 e. The van der Waals surface area contributed by atoms with Crippen molar-refractivity contribution in [3.63, 3.8) is 0 Å². The van der Waals surface area contributed by atoms with Gasteiger partial charge in [-0.2, -0.15) is 0 Å². The number of furan rings is 1. The van der Waals surface area contributed by atoms with Gasteiger partial charge in [0.2, 0.25) is 0 Å². The smallest absolute Gasteiger partial charge is 0.194 e. The van der Waals surface area contributed by atoms with Crippen molar-refractivity contribution in [1.29, 1.82) is 0 Å². The zero-order valence-electron chi connectivity index (χ0n) is 8.63. The molecule has 3 heteroatoms. The lowest BCUT2D eigenvalue weighted by Crippen LogP contribution is -1.85. The maximum Gasteiger partial charge on any atom is 0.194 e. The zero-order valence-corrected chi connectivity index (χ0v) is 9.39. The molecule has 0 N–H and O–H groups in total. The molecule has 78 valence electrons. The Bertz CT molecular complexity index is 526. The first kappa shape index (κ1) is 10.2. The molecule has 0 spiro atoms. The molecule has 2 aromatic rings. The quantitative estimate of drug-likeness (QED) is 0.723. The number of aryl methyl sites for hydroxylation is 1. The van der Waals surface area contributed by atoms with Crippen molar-refractivity contribution < 1.29 is 9.21 Å². The Morgan fingerprint density at radius 2 is 2.13 bits per heavy atom. The SMILES string of the molecule is CCc1cc(Cl)cc2cc(C(C)=O)oc12. The van der Waals surface area contributed by atoms with Gasteiger partial charge < -0.3 is 4.42 Å². The lowest BCUT2D eigenvalue weighted by atomic mass is 10.1. The second-order valence-electron chi connectivity index (χ2n) is 3.50. The zero-order chi connectivity index (χ0) is 11.0. The summed E-state index contributed by atoms with van der Waals surface area (Å²) in [7, 11) is 0. The Morgan fingerprint density at radius 3 is 2.73 bits per heavy atom. The van der Waals surface area contributed by atoms with Gasteiger partial charge in [-0.25, -0.2) is 0 Å². The fraction of sp³-hybridized carbons (Fsp3) is 0.250. The Hall–Kier alpha value is -1.28. The van der Waals surface area contributed by atoms with Crippen LogP contribution in [0.1, 0.15) is 30.0 Å². The molecule has 15 heavy (non-hydrogen) atoms. The lowest BCUT2D eigenvalue weighted by Gasteiger charge is -1.98. The maximum atomic E-state index is 11.2. The standard InChI is InChI=1S/C12H11ClO2/c1-3-8-4-10(13)5-9-6-11(7(2)14)15-12(8)9/h4-6H,3H2,1-2H3. The molecule has 0 saturated carbocycles. The molecule has 0 aliphatic carbocycles. The van der Waals surface area contributed by atoms with Gasteiger partial charge in [0.25, 0.3) is 0 Å². The molecule has 0 atom stereocenters. The number of Topliss-reactive ketones (excluding diaryl/α,β-unsaturated/α-hetero) is 1. The number of carbonyl (C=O) groups excluding carboxylic acids is 1. The van der Waals surface area contributed by atoms with Gasteiger partial charge in [-0.15, -0.1) is 0 Å². The van der Waals surface area contributed by atoms with Crippen LogP contribution in [-0.4, -0.2) is 5.78 Å². The first-order valence-corrected chi connectivity index (χ1v) is 5.22. The molecule has 0 aliphatic rings. The minimum Gasteiger partial charge on any atom is -0.453 e. The van der Waals surface area contributed by atoms with Crippen LogP contribution in [0.25, 0.3) is 11.0 Å². The molecule has 2 rings (SSSR count). The van der Waals surface area contributed by atoms with Crippen molar-refractivity contribution in [2.45, 2.75) is 20.3 Å². The van der Waals surface area contributed by atoms with Gasteiger partial charge in [0.15, 0.2) is 11.5 Å². The molecule has 2 nitrogen and oxygen atoms in total. The lowest BCUT2D eigenvalue weighted by molar-refractivity contribution is 0.0989. The van der Waals surface area contributed by atoms with Gasteiger partial charge in [-0.3, -0.25) is 4.79 Å². The summed E-state index contributed by atoms with van der Waals surface area (Å²) in [5.74, 6) is 0.325. The Morgan fingerprint density at radius 1 is 1.40 bits per heavy atom. The van der Waals surface area contributed by atoms with Crippen LogP contribution >= 0.6 is 11.6 Å². The highest BCUT2D eigenvalue weighted by atomic mass is 35.5. The van der Waals surface area contributed by atoms with E-state index in [0.29, 0.717) is 10.8 Å². The molecule has 0 saturated heterocycles. The number of carbonyl (C=O) groups is 1. The molecular weight excluding hydrogens is 212 g/mol. The molecule has 0 amide bonds. The molecule has 1 aromatic heterocycles. The van der Waals surface area contributed by atoms with Gasteiger partial charge in [-0.1, -0.05) is 18.5 Å². The summed E-state index contributed by atoms with van der Waals surface area (Å²) >= 11 is 5.96. The number of fused-ring (bicyclic) bond motifs is 1. The molecule has 0 radical (unpaired) electrons. The van der Waals surface area contributed by atoms with Gasteiger partial charge in [0.05, 0.1) is 0 Å². The van der Waals surface area contributed by atoms with Crippen LogP contribution < -0.4 is 0 Å². The molecule has 1 aromatic carbocycles. The third-order valence-electron chi connectivity index (χ3n) is 2.39. The number of benzene rings is 1. The molecule has 0 fully saturated rings. The Kier molecular flexibility index (Phi) is 2.53. The molecule has 1 heterocycles. The van der Waals surface area contributed by atoms with Crippen molar-refractivity contribution in [1.82, 2.24) is 0 Å². The van der Waals surface area contributed by atoms with Crippen molar-refractivity contribution in [3.8, 4) is 0 Å². The van der Waals surface area contributed by atoms with E-state index in [1.165, 1.54) is 6.92 Å². The first-order chi connectivity index (χ1) is 7.11. The van der Waals surface area contributed by atoms with E-state index in [4.69, 9.17) is 16.0 Å². The van der Waals surface area contributed by atoms with E-state index in [2.05, 4.69) is 0 Å². The van der Waals surface area contributed by atoms with Gasteiger partial charge in [0.1, 0.15) is 5.58 Å². The van der Waals surface area contributed by atoms with Crippen molar-refractivity contribution in [2.24, 2.45) is 0 Å². The maximum absolute atomic E-state index is 11.2. The molecular formula is C12H11ClO2. The van der Waals surface area contributed by atoms with Crippen LogP contribution in [0.5, 0.6) is 0 Å². The topological polar surface area (TPSA) is 30.2 Å². The van der Waals surface area contributed by atoms with Crippen LogP contribution in [0.3, 0.4) is 0 Å². The fourth-order valence-electron chi connectivity index (χ4n) is 1.62. The van der Waals surface area contributed by atoms with Crippen LogP contribution in [0.4, 0.5) is 0 Å². The highest BCUT2D eigenvalue weighted by molar-refractivity contribution is 6.31. The van der Waals surface area contributed by atoms with Crippen molar-refractivity contribution in [3.05, 3.63) is 34.5 Å². The van der Waals surface area contributed by atoms with Crippen LogP contribution in [-0.2, 0) is 6.42 Å². The normalized spacial score (nSPS) is 10.9. The van der Waals surface area contributed by atoms with E-state index in [0.717, 1.165) is 23.0 Å². The summed E-state index contributed by atoms with van der Waals surface area (Å²) < 4.78 is 5.50. The highest BCUT2D eigenvalue weighted by Gasteiger charge is 2.11. The third kappa shape index (κ3) is 1.77. The van der Waals surface area contributed by atoms with E-state index < -0.39 is 0 Å². The van der Waals surface area contributed by atoms with Crippen LogP contribution in [0.2, 0.25) is 5.02 Å². The molecule has 0 unspecified atom stereocenters. The van der Waals surface area contributed by atoms with Gasteiger partial charge in [-0.05, 0) is 30.2 Å². The summed E-state index contributed by atoms with van der Waals surface area (Å²) in [5, 5.41) is 1.57. The Labute approximate surface area is 92.8 Å². The van der Waals surface area contributed by atoms with E-state index in [1.807, 2.05) is 19.1 Å². The van der Waals surface area contributed by atoms with Crippen molar-refractivity contribution in [2.75, 3.05) is 0 Å². The minimum atomic E-state index is -0.0654. The number of hydrogen-bond donors (Lipinski definition) is 0. The number of halogens is 1. The minimum absolute atomic E-state index is 0.0654. The second-order valence-corrected chi connectivity index (χ2v) is 3.94. The van der Waals surface area contributed by atoms with Gasteiger partial charge in [0, 0.05) is 17.3 Å². The third-order valence-corrected chi connectivity index (χ3v) is 2.60. The summed E-state index contributed by atoms with van der Waals surface area (Å²) in [6, 6.07) is 5.42. The summed E-state index contributed by atoms with van der Waals surface area (Å²) in [6.45, 7) is 3.52. The van der Waals surface area contributed by atoms with E-state index in [9.17, 15) is 4.79 Å². The average Bonchev–Trinajstić information content (AvgIpc) is 2.59. The van der Waals surface area contributed by atoms with E-state index in [-0.39, 0.29) is 5.78 Å². The summed E-state index contributed by atoms with van der Waals surface area (Å²) in [4.78, 5) is 11.2.